The van der Waals surface area contributed by atoms with Gasteiger partial charge in [0, 0.05) is 6.54 Å². The van der Waals surface area contributed by atoms with Gasteiger partial charge < -0.3 is 5.32 Å². The van der Waals surface area contributed by atoms with Crippen molar-refractivity contribution in [1.29, 1.82) is 5.26 Å². The van der Waals surface area contributed by atoms with E-state index in [0.717, 1.165) is 33.7 Å². The highest BCUT2D eigenvalue weighted by Crippen LogP contribution is 2.25. The Balaban J connectivity index is 2.56. The normalized spacial score (nSPS) is 10.5. The molecule has 0 radical (unpaired) electrons. The van der Waals surface area contributed by atoms with Gasteiger partial charge >= 0.3 is 0 Å². The first-order chi connectivity index (χ1) is 9.08. The lowest BCUT2D eigenvalue weighted by atomic mass is 10.1. The summed E-state index contributed by atoms with van der Waals surface area (Å²) >= 11 is 3.51. The molecule has 0 saturated carbocycles. The molecule has 98 valence electrons. The molecule has 0 amide bonds. The fourth-order valence-electron chi connectivity index (χ4n) is 2.03. The van der Waals surface area contributed by atoms with Crippen molar-refractivity contribution in [2.75, 3.05) is 7.05 Å². The molecule has 0 unspecified atom stereocenters. The molecule has 0 atom stereocenters. The van der Waals surface area contributed by atoms with E-state index < -0.39 is 0 Å². The predicted molar refractivity (Wildman–Crippen MR) is 78.2 cm³/mol. The second-order valence-corrected chi connectivity index (χ2v) is 5.18. The molecule has 0 spiro atoms. The van der Waals surface area contributed by atoms with Gasteiger partial charge in [0.2, 0.25) is 0 Å². The zero-order chi connectivity index (χ0) is 14.0. The fraction of sp³-hybridized carbons (Fsp3) is 0.286. The highest BCUT2D eigenvalue weighted by molar-refractivity contribution is 9.10. The summed E-state index contributed by atoms with van der Waals surface area (Å²) in [6.07, 6.45) is 0. The van der Waals surface area contributed by atoms with Crippen molar-refractivity contribution in [2.45, 2.75) is 20.4 Å². The van der Waals surface area contributed by atoms with Crippen molar-refractivity contribution in [3.05, 3.63) is 45.2 Å². The van der Waals surface area contributed by atoms with Crippen molar-refractivity contribution in [1.82, 2.24) is 15.1 Å². The number of halogens is 1. The van der Waals surface area contributed by atoms with Crippen molar-refractivity contribution < 1.29 is 0 Å². The predicted octanol–water partition coefficient (Wildman–Crippen LogP) is 2.84. The molecule has 1 aromatic carbocycles. The van der Waals surface area contributed by atoms with E-state index in [1.54, 1.807) is 4.68 Å². The molecule has 1 N–H and O–H groups in total. The summed E-state index contributed by atoms with van der Waals surface area (Å²) in [5.74, 6) is 0. The summed E-state index contributed by atoms with van der Waals surface area (Å²) in [7, 11) is 1.89. The first kappa shape index (κ1) is 13.8. The molecule has 4 nitrogen and oxygen atoms in total. The quantitative estimate of drug-likeness (QED) is 0.946. The first-order valence-electron chi connectivity index (χ1n) is 5.98. The van der Waals surface area contributed by atoms with Gasteiger partial charge in [0.15, 0.2) is 0 Å². The van der Waals surface area contributed by atoms with Crippen LogP contribution in [-0.4, -0.2) is 16.8 Å². The van der Waals surface area contributed by atoms with Gasteiger partial charge in [-0.15, -0.1) is 0 Å². The molecule has 0 aliphatic heterocycles. The molecule has 2 aromatic rings. The van der Waals surface area contributed by atoms with Crippen LogP contribution in [0.2, 0.25) is 0 Å². The minimum Gasteiger partial charge on any atom is -0.316 e. The second kappa shape index (κ2) is 5.55. The number of aryl methyl sites for hydroxylation is 1. The van der Waals surface area contributed by atoms with E-state index in [9.17, 15) is 5.26 Å². The summed E-state index contributed by atoms with van der Waals surface area (Å²) < 4.78 is 2.79. The maximum absolute atomic E-state index is 9.32. The number of benzene rings is 1. The van der Waals surface area contributed by atoms with Crippen LogP contribution in [0, 0.1) is 25.2 Å². The van der Waals surface area contributed by atoms with Gasteiger partial charge in [0.25, 0.3) is 0 Å². The third-order valence-corrected chi connectivity index (χ3v) is 4.14. The number of aromatic nitrogens is 2. The highest BCUT2D eigenvalue weighted by atomic mass is 79.9. The Labute approximate surface area is 121 Å². The van der Waals surface area contributed by atoms with Gasteiger partial charge in [-0.1, -0.05) is 6.07 Å². The summed E-state index contributed by atoms with van der Waals surface area (Å²) in [5.41, 5.74) is 4.44. The number of hydrogen-bond donors (Lipinski definition) is 1. The minimum atomic E-state index is 0.630. The van der Waals surface area contributed by atoms with Crippen molar-refractivity contribution in [2.24, 2.45) is 0 Å². The van der Waals surface area contributed by atoms with Gasteiger partial charge in [-0.05, 0) is 54.5 Å². The average molecular weight is 319 g/mol. The number of nitrogens with one attached hydrogen (secondary N) is 1. The van der Waals surface area contributed by atoms with E-state index in [-0.39, 0.29) is 0 Å². The van der Waals surface area contributed by atoms with E-state index in [4.69, 9.17) is 0 Å². The average Bonchev–Trinajstić information content (AvgIpc) is 2.67. The van der Waals surface area contributed by atoms with Crippen LogP contribution in [0.3, 0.4) is 0 Å². The SMILES string of the molecule is CNCc1ccc(-n2nc(C)c(Br)c2C)c(C#N)c1. The van der Waals surface area contributed by atoms with Gasteiger partial charge in [0.1, 0.15) is 6.07 Å². The molecule has 0 saturated heterocycles. The molecule has 1 aromatic heterocycles. The van der Waals surface area contributed by atoms with Gasteiger partial charge in [0.05, 0.1) is 27.1 Å². The topological polar surface area (TPSA) is 53.6 Å². The molecule has 2 rings (SSSR count). The summed E-state index contributed by atoms with van der Waals surface area (Å²) in [4.78, 5) is 0. The highest BCUT2D eigenvalue weighted by Gasteiger charge is 2.13. The molecule has 5 heteroatoms. The lowest BCUT2D eigenvalue weighted by molar-refractivity contribution is 0.808. The lowest BCUT2D eigenvalue weighted by Gasteiger charge is -2.09. The van der Waals surface area contributed by atoms with Crippen LogP contribution < -0.4 is 5.32 Å². The van der Waals surface area contributed by atoms with Crippen LogP contribution in [0.5, 0.6) is 0 Å². The molecule has 0 bridgehead atoms. The zero-order valence-electron chi connectivity index (χ0n) is 11.2. The Hall–Kier alpha value is -1.64. The Morgan fingerprint density at radius 3 is 2.68 bits per heavy atom. The van der Waals surface area contributed by atoms with Crippen molar-refractivity contribution in [3.8, 4) is 11.8 Å². The summed E-state index contributed by atoms with van der Waals surface area (Å²) in [6, 6.07) is 8.10. The maximum atomic E-state index is 9.32. The molecule has 0 aliphatic rings. The van der Waals surface area contributed by atoms with E-state index in [1.165, 1.54) is 0 Å². The standard InChI is InChI=1S/C14H15BrN4/c1-9-14(15)10(2)19(18-9)13-5-4-11(8-17-3)6-12(13)7-16/h4-6,17H,8H2,1-3H3. The van der Waals surface area contributed by atoms with E-state index in [0.29, 0.717) is 5.56 Å². The van der Waals surface area contributed by atoms with Gasteiger partial charge in [-0.3, -0.25) is 0 Å². The smallest absolute Gasteiger partial charge is 0.101 e. The van der Waals surface area contributed by atoms with E-state index in [1.807, 2.05) is 39.1 Å². The number of rotatable bonds is 3. The zero-order valence-corrected chi connectivity index (χ0v) is 12.7. The molecular formula is C14H15BrN4. The molecule has 0 aliphatic carbocycles. The van der Waals surface area contributed by atoms with Crippen LogP contribution >= 0.6 is 15.9 Å². The van der Waals surface area contributed by atoms with Crippen molar-refractivity contribution >= 4 is 15.9 Å². The van der Waals surface area contributed by atoms with Crippen LogP contribution in [0.25, 0.3) is 5.69 Å². The summed E-state index contributed by atoms with van der Waals surface area (Å²) in [5, 5.41) is 16.9. The fourth-order valence-corrected chi connectivity index (χ4v) is 2.28. The molecule has 1 heterocycles. The molecule has 19 heavy (non-hydrogen) atoms. The number of hydrogen-bond acceptors (Lipinski definition) is 3. The molecular weight excluding hydrogens is 304 g/mol. The Morgan fingerprint density at radius 2 is 2.16 bits per heavy atom. The number of nitriles is 1. The third-order valence-electron chi connectivity index (χ3n) is 2.99. The van der Waals surface area contributed by atoms with Crippen LogP contribution in [0.15, 0.2) is 22.7 Å². The van der Waals surface area contributed by atoms with Crippen LogP contribution in [0.4, 0.5) is 0 Å². The number of nitrogens with zero attached hydrogens (tertiary/aromatic N) is 3. The largest absolute Gasteiger partial charge is 0.316 e. The summed E-state index contributed by atoms with van der Waals surface area (Å²) in [6.45, 7) is 4.66. The monoisotopic (exact) mass is 318 g/mol. The van der Waals surface area contributed by atoms with E-state index in [2.05, 4.69) is 32.4 Å². The van der Waals surface area contributed by atoms with Crippen LogP contribution in [0.1, 0.15) is 22.5 Å². The van der Waals surface area contributed by atoms with Crippen molar-refractivity contribution in [3.63, 3.8) is 0 Å². The van der Waals surface area contributed by atoms with Gasteiger partial charge in [-0.2, -0.15) is 10.4 Å². The second-order valence-electron chi connectivity index (χ2n) is 4.39. The maximum Gasteiger partial charge on any atom is 0.101 e. The first-order valence-corrected chi connectivity index (χ1v) is 6.77. The lowest BCUT2D eigenvalue weighted by Crippen LogP contribution is -2.07. The Bertz CT molecular complexity index is 652. The Morgan fingerprint density at radius 1 is 1.42 bits per heavy atom. The van der Waals surface area contributed by atoms with Crippen LogP contribution in [-0.2, 0) is 6.54 Å². The van der Waals surface area contributed by atoms with Gasteiger partial charge in [-0.25, -0.2) is 4.68 Å². The molecule has 0 fully saturated rings. The Kier molecular flexibility index (Phi) is 4.03. The van der Waals surface area contributed by atoms with E-state index >= 15 is 0 Å². The minimum absolute atomic E-state index is 0.630. The third kappa shape index (κ3) is 2.55.